The summed E-state index contributed by atoms with van der Waals surface area (Å²) < 4.78 is 5.03. The molecule has 3 N–H and O–H groups in total. The third-order valence-electron chi connectivity index (χ3n) is 3.71. The van der Waals surface area contributed by atoms with Crippen LogP contribution in [-0.2, 0) is 9.53 Å². The third-order valence-corrected chi connectivity index (χ3v) is 3.71. The van der Waals surface area contributed by atoms with E-state index >= 15 is 0 Å². The van der Waals surface area contributed by atoms with Crippen LogP contribution in [0.15, 0.2) is 18.2 Å². The molecule has 6 nitrogen and oxygen atoms in total. The zero-order valence-corrected chi connectivity index (χ0v) is 12.0. The number of benzene rings is 1. The highest BCUT2D eigenvalue weighted by Crippen LogP contribution is 2.28. The Morgan fingerprint density at radius 1 is 1.38 bits per heavy atom. The van der Waals surface area contributed by atoms with Crippen LogP contribution in [0.3, 0.4) is 0 Å². The van der Waals surface area contributed by atoms with Gasteiger partial charge in [-0.2, -0.15) is 0 Å². The fraction of sp³-hybridized carbons (Fsp3) is 0.467. The molecule has 0 unspecified atom stereocenters. The second-order valence-corrected chi connectivity index (χ2v) is 5.10. The molecule has 0 aromatic heterocycles. The van der Waals surface area contributed by atoms with Gasteiger partial charge < -0.3 is 20.5 Å². The van der Waals surface area contributed by atoms with Crippen LogP contribution in [0.1, 0.15) is 30.1 Å². The minimum Gasteiger partial charge on any atom is -0.478 e. The number of carbonyl (C=O) groups is 2. The first-order valence-electron chi connectivity index (χ1n) is 7.07. The number of nitrogens with zero attached hydrogens (tertiary/aromatic N) is 1. The monoisotopic (exact) mass is 292 g/mol. The van der Waals surface area contributed by atoms with Crippen molar-refractivity contribution in [3.05, 3.63) is 23.8 Å². The van der Waals surface area contributed by atoms with Gasteiger partial charge in [-0.05, 0) is 38.0 Å². The summed E-state index contributed by atoms with van der Waals surface area (Å²) in [6.07, 6.45) is 1.34. The van der Waals surface area contributed by atoms with E-state index in [1.54, 1.807) is 19.1 Å². The summed E-state index contributed by atoms with van der Waals surface area (Å²) in [6.45, 7) is 3.45. The van der Waals surface area contributed by atoms with E-state index < -0.39 is 5.97 Å². The number of carboxylic acid groups (broad SMARTS) is 1. The number of carboxylic acids is 1. The number of piperidine rings is 1. The number of hydrogen-bond donors (Lipinski definition) is 2. The highest BCUT2D eigenvalue weighted by atomic mass is 16.5. The summed E-state index contributed by atoms with van der Waals surface area (Å²) in [5.74, 6) is -1.25. The van der Waals surface area contributed by atoms with Crippen molar-refractivity contribution >= 4 is 23.3 Å². The first-order chi connectivity index (χ1) is 10.0. The van der Waals surface area contributed by atoms with E-state index in [4.69, 9.17) is 10.5 Å². The molecule has 1 saturated heterocycles. The average Bonchev–Trinajstić information content (AvgIpc) is 2.47. The normalized spacial score (nSPS) is 15.8. The van der Waals surface area contributed by atoms with Gasteiger partial charge in [-0.25, -0.2) is 4.79 Å². The molecule has 1 fully saturated rings. The minimum absolute atomic E-state index is 0.0942. The topological polar surface area (TPSA) is 92.9 Å². The molecule has 0 amide bonds. The van der Waals surface area contributed by atoms with Gasteiger partial charge in [0.1, 0.15) is 0 Å². The van der Waals surface area contributed by atoms with Gasteiger partial charge in [0, 0.05) is 18.8 Å². The second-order valence-electron chi connectivity index (χ2n) is 5.10. The van der Waals surface area contributed by atoms with Gasteiger partial charge in [0.15, 0.2) is 0 Å². The van der Waals surface area contributed by atoms with Gasteiger partial charge >= 0.3 is 11.9 Å². The summed E-state index contributed by atoms with van der Waals surface area (Å²) >= 11 is 0. The number of nitrogens with two attached hydrogens (primary N) is 1. The van der Waals surface area contributed by atoms with Gasteiger partial charge in [-0.1, -0.05) is 0 Å². The van der Waals surface area contributed by atoms with Crippen LogP contribution in [0.25, 0.3) is 0 Å². The van der Waals surface area contributed by atoms with Crippen LogP contribution in [0, 0.1) is 5.92 Å². The number of ether oxygens (including phenoxy) is 1. The quantitative estimate of drug-likeness (QED) is 0.648. The molecule has 1 aliphatic heterocycles. The van der Waals surface area contributed by atoms with E-state index in [0.717, 1.165) is 0 Å². The van der Waals surface area contributed by atoms with Crippen molar-refractivity contribution in [3.63, 3.8) is 0 Å². The van der Waals surface area contributed by atoms with Crippen LogP contribution in [-0.4, -0.2) is 36.7 Å². The Hall–Kier alpha value is -2.24. The molecule has 1 aromatic carbocycles. The lowest BCUT2D eigenvalue weighted by atomic mass is 9.96. The van der Waals surface area contributed by atoms with Gasteiger partial charge in [0.25, 0.3) is 0 Å². The molecule has 0 bridgehead atoms. The third kappa shape index (κ3) is 3.45. The maximum Gasteiger partial charge on any atom is 0.337 e. The predicted octanol–water partition coefficient (Wildman–Crippen LogP) is 1.75. The van der Waals surface area contributed by atoms with Crippen LogP contribution in [0.4, 0.5) is 11.4 Å². The first-order valence-corrected chi connectivity index (χ1v) is 7.07. The van der Waals surface area contributed by atoms with Crippen molar-refractivity contribution in [1.29, 1.82) is 0 Å². The lowest BCUT2D eigenvalue weighted by Gasteiger charge is -2.33. The minimum atomic E-state index is -0.996. The molecule has 0 spiro atoms. The Balaban J connectivity index is 2.09. The van der Waals surface area contributed by atoms with Gasteiger partial charge in [-0.15, -0.1) is 0 Å². The molecule has 114 valence electrons. The summed E-state index contributed by atoms with van der Waals surface area (Å²) in [6, 6.07) is 4.89. The average molecular weight is 292 g/mol. The number of nitrogen functional groups attached to an aromatic ring is 1. The van der Waals surface area contributed by atoms with E-state index in [0.29, 0.717) is 43.9 Å². The van der Waals surface area contributed by atoms with Crippen molar-refractivity contribution < 1.29 is 19.4 Å². The van der Waals surface area contributed by atoms with Crippen LogP contribution >= 0.6 is 0 Å². The molecule has 0 atom stereocenters. The molecule has 1 heterocycles. The zero-order valence-electron chi connectivity index (χ0n) is 12.0. The molecule has 1 aromatic rings. The molecule has 1 aliphatic rings. The molecule has 6 heteroatoms. The van der Waals surface area contributed by atoms with Gasteiger partial charge in [0.2, 0.25) is 0 Å². The second kappa shape index (κ2) is 6.47. The predicted molar refractivity (Wildman–Crippen MR) is 79.4 cm³/mol. The SMILES string of the molecule is CCOC(=O)C1CCN(c2ccc(N)cc2C(=O)O)CC1. The van der Waals surface area contributed by atoms with Crippen molar-refractivity contribution in [2.24, 2.45) is 5.92 Å². The maximum absolute atomic E-state index is 11.7. The van der Waals surface area contributed by atoms with E-state index in [2.05, 4.69) is 0 Å². The van der Waals surface area contributed by atoms with Crippen LogP contribution < -0.4 is 10.6 Å². The Labute approximate surface area is 123 Å². The molecular formula is C15H20N2O4. The number of rotatable bonds is 4. The molecule has 21 heavy (non-hydrogen) atoms. The number of aromatic carboxylic acids is 1. The Kier molecular flexibility index (Phi) is 4.67. The molecular weight excluding hydrogens is 272 g/mol. The standard InChI is InChI=1S/C15H20N2O4/c1-2-21-15(20)10-5-7-17(8-6-10)13-4-3-11(16)9-12(13)14(18)19/h3-4,9-10H,2,5-8,16H2,1H3,(H,18,19). The van der Waals surface area contributed by atoms with Gasteiger partial charge in [-0.3, -0.25) is 4.79 Å². The Morgan fingerprint density at radius 3 is 2.62 bits per heavy atom. The zero-order chi connectivity index (χ0) is 15.4. The number of carbonyl (C=O) groups excluding carboxylic acids is 1. The lowest BCUT2D eigenvalue weighted by Crippen LogP contribution is -2.37. The van der Waals surface area contributed by atoms with Crippen LogP contribution in [0.5, 0.6) is 0 Å². The van der Waals surface area contributed by atoms with E-state index in [9.17, 15) is 14.7 Å². The van der Waals surface area contributed by atoms with Crippen molar-refractivity contribution in [3.8, 4) is 0 Å². The first kappa shape index (κ1) is 15.2. The number of hydrogen-bond acceptors (Lipinski definition) is 5. The lowest BCUT2D eigenvalue weighted by molar-refractivity contribution is -0.148. The van der Waals surface area contributed by atoms with E-state index in [1.165, 1.54) is 6.07 Å². The molecule has 0 aliphatic carbocycles. The Bertz CT molecular complexity index is 536. The largest absolute Gasteiger partial charge is 0.478 e. The van der Waals surface area contributed by atoms with E-state index in [1.807, 2.05) is 4.90 Å². The molecule has 2 rings (SSSR count). The fourth-order valence-electron chi connectivity index (χ4n) is 2.62. The van der Waals surface area contributed by atoms with Crippen molar-refractivity contribution in [2.75, 3.05) is 30.3 Å². The highest BCUT2D eigenvalue weighted by Gasteiger charge is 2.27. The van der Waals surface area contributed by atoms with Gasteiger partial charge in [0.05, 0.1) is 23.8 Å². The van der Waals surface area contributed by atoms with E-state index in [-0.39, 0.29) is 17.5 Å². The van der Waals surface area contributed by atoms with Crippen molar-refractivity contribution in [2.45, 2.75) is 19.8 Å². The molecule has 0 saturated carbocycles. The number of anilines is 2. The summed E-state index contributed by atoms with van der Waals surface area (Å²) in [7, 11) is 0. The number of esters is 1. The smallest absolute Gasteiger partial charge is 0.337 e. The maximum atomic E-state index is 11.7. The van der Waals surface area contributed by atoms with Crippen molar-refractivity contribution in [1.82, 2.24) is 0 Å². The van der Waals surface area contributed by atoms with Crippen LogP contribution in [0.2, 0.25) is 0 Å². The fourth-order valence-corrected chi connectivity index (χ4v) is 2.62. The summed E-state index contributed by atoms with van der Waals surface area (Å²) in [5, 5.41) is 9.27. The summed E-state index contributed by atoms with van der Waals surface area (Å²) in [5.41, 5.74) is 6.93. The Morgan fingerprint density at radius 2 is 2.05 bits per heavy atom. The summed E-state index contributed by atoms with van der Waals surface area (Å²) in [4.78, 5) is 25.0. The highest BCUT2D eigenvalue weighted by molar-refractivity contribution is 5.95. The molecule has 0 radical (unpaired) electrons.